The minimum absolute atomic E-state index is 0.0511. The zero-order valence-corrected chi connectivity index (χ0v) is 9.49. The van der Waals surface area contributed by atoms with Gasteiger partial charge >= 0.3 is 5.97 Å². The number of cyclic esters (lactones) is 1. The average Bonchev–Trinajstić information content (AvgIpc) is 2.15. The highest BCUT2D eigenvalue weighted by atomic mass is 16.5. The van der Waals surface area contributed by atoms with Crippen LogP contribution in [0.5, 0.6) is 0 Å². The Labute approximate surface area is 95.1 Å². The smallest absolute Gasteiger partial charge is 0.332 e. The number of carbonyl (C=O) groups excluding carboxylic acids is 1. The fourth-order valence-corrected chi connectivity index (χ4v) is 1.78. The summed E-state index contributed by atoms with van der Waals surface area (Å²) in [5.74, 6) is -0.270. The van der Waals surface area contributed by atoms with Crippen molar-refractivity contribution < 1.29 is 9.53 Å². The standard InChI is InChI=1S/C13H15NO2/c1-9-4-3-5-11(6-9)14-12-7-10(2)16-13(15)8-12/h3-6,8,10,14H,7H2,1-2H3/t10-/m1/s1. The van der Waals surface area contributed by atoms with E-state index in [0.29, 0.717) is 0 Å². The molecule has 3 heteroatoms. The quantitative estimate of drug-likeness (QED) is 0.774. The van der Waals surface area contributed by atoms with Crippen LogP contribution in [0.25, 0.3) is 0 Å². The lowest BCUT2D eigenvalue weighted by atomic mass is 10.1. The second-order valence-corrected chi connectivity index (χ2v) is 4.12. The van der Waals surface area contributed by atoms with Gasteiger partial charge in [-0.15, -0.1) is 0 Å². The van der Waals surface area contributed by atoms with Crippen LogP contribution in [0.15, 0.2) is 36.0 Å². The molecule has 1 aromatic rings. The van der Waals surface area contributed by atoms with Crippen LogP contribution < -0.4 is 5.32 Å². The Hall–Kier alpha value is -1.77. The molecule has 84 valence electrons. The van der Waals surface area contributed by atoms with E-state index in [1.165, 1.54) is 11.6 Å². The number of anilines is 1. The van der Waals surface area contributed by atoms with Crippen molar-refractivity contribution in [3.8, 4) is 0 Å². The van der Waals surface area contributed by atoms with Gasteiger partial charge in [-0.3, -0.25) is 0 Å². The number of ether oxygens (including phenoxy) is 1. The highest BCUT2D eigenvalue weighted by Gasteiger charge is 2.17. The van der Waals surface area contributed by atoms with E-state index < -0.39 is 0 Å². The van der Waals surface area contributed by atoms with E-state index in [1.807, 2.05) is 38.1 Å². The molecule has 0 aliphatic carbocycles. The van der Waals surface area contributed by atoms with Gasteiger partial charge in [0.15, 0.2) is 0 Å². The fraction of sp³-hybridized carbons (Fsp3) is 0.308. The van der Waals surface area contributed by atoms with E-state index in [0.717, 1.165) is 17.8 Å². The SMILES string of the molecule is Cc1cccc(NC2=CC(=O)O[C@H](C)C2)c1. The summed E-state index contributed by atoms with van der Waals surface area (Å²) >= 11 is 0. The van der Waals surface area contributed by atoms with Crippen LogP contribution in [-0.4, -0.2) is 12.1 Å². The third kappa shape index (κ3) is 2.63. The second-order valence-electron chi connectivity index (χ2n) is 4.12. The highest BCUT2D eigenvalue weighted by Crippen LogP contribution is 2.19. The van der Waals surface area contributed by atoms with Gasteiger partial charge in [-0.1, -0.05) is 12.1 Å². The Balaban J connectivity index is 2.13. The summed E-state index contributed by atoms with van der Waals surface area (Å²) in [7, 11) is 0. The van der Waals surface area contributed by atoms with Gasteiger partial charge in [-0.2, -0.15) is 0 Å². The summed E-state index contributed by atoms with van der Waals surface area (Å²) in [6.07, 6.45) is 2.20. The molecular formula is C13H15NO2. The third-order valence-corrected chi connectivity index (χ3v) is 2.44. The van der Waals surface area contributed by atoms with Crippen molar-refractivity contribution in [3.05, 3.63) is 41.6 Å². The van der Waals surface area contributed by atoms with Crippen LogP contribution in [0.4, 0.5) is 5.69 Å². The minimum atomic E-state index is -0.270. The number of esters is 1. The number of aryl methyl sites for hydroxylation is 1. The Morgan fingerprint density at radius 3 is 2.94 bits per heavy atom. The van der Waals surface area contributed by atoms with Crippen molar-refractivity contribution in [2.75, 3.05) is 5.32 Å². The molecule has 3 nitrogen and oxygen atoms in total. The van der Waals surface area contributed by atoms with Gasteiger partial charge in [0, 0.05) is 23.9 Å². The van der Waals surface area contributed by atoms with Crippen LogP contribution in [0.2, 0.25) is 0 Å². The second kappa shape index (κ2) is 4.39. The number of hydrogen-bond donors (Lipinski definition) is 1. The van der Waals surface area contributed by atoms with Gasteiger partial charge in [0.1, 0.15) is 6.10 Å². The molecule has 16 heavy (non-hydrogen) atoms. The van der Waals surface area contributed by atoms with Crippen molar-refractivity contribution in [1.29, 1.82) is 0 Å². The van der Waals surface area contributed by atoms with Crippen molar-refractivity contribution in [3.63, 3.8) is 0 Å². The van der Waals surface area contributed by atoms with Gasteiger partial charge < -0.3 is 10.1 Å². The molecule has 0 saturated heterocycles. The van der Waals surface area contributed by atoms with E-state index >= 15 is 0 Å². The molecule has 0 fully saturated rings. The summed E-state index contributed by atoms with van der Waals surface area (Å²) in [5.41, 5.74) is 3.11. The van der Waals surface area contributed by atoms with E-state index in [-0.39, 0.29) is 12.1 Å². The molecule has 1 heterocycles. The predicted molar refractivity (Wildman–Crippen MR) is 63.1 cm³/mol. The van der Waals surface area contributed by atoms with Gasteiger partial charge in [0.05, 0.1) is 0 Å². The summed E-state index contributed by atoms with van der Waals surface area (Å²) < 4.78 is 5.02. The molecule has 1 aliphatic heterocycles. The van der Waals surface area contributed by atoms with Crippen LogP contribution in [0.3, 0.4) is 0 Å². The summed E-state index contributed by atoms with van der Waals surface area (Å²) in [6, 6.07) is 8.06. The number of carbonyl (C=O) groups is 1. The average molecular weight is 217 g/mol. The van der Waals surface area contributed by atoms with Crippen LogP contribution in [0, 0.1) is 6.92 Å². The van der Waals surface area contributed by atoms with Crippen molar-refractivity contribution >= 4 is 11.7 Å². The predicted octanol–water partition coefficient (Wildman–Crippen LogP) is 2.63. The molecule has 0 saturated carbocycles. The lowest BCUT2D eigenvalue weighted by molar-refractivity contribution is -0.143. The lowest BCUT2D eigenvalue weighted by Crippen LogP contribution is -2.22. The van der Waals surface area contributed by atoms with E-state index in [1.54, 1.807) is 0 Å². The van der Waals surface area contributed by atoms with E-state index in [9.17, 15) is 4.79 Å². The van der Waals surface area contributed by atoms with Crippen molar-refractivity contribution in [2.45, 2.75) is 26.4 Å². The first kappa shape index (κ1) is 10.7. The summed E-state index contributed by atoms with van der Waals surface area (Å²) in [5, 5.41) is 3.24. The molecule has 1 atom stereocenters. The molecule has 0 bridgehead atoms. The summed E-state index contributed by atoms with van der Waals surface area (Å²) in [6.45, 7) is 3.93. The largest absolute Gasteiger partial charge is 0.459 e. The first-order chi connectivity index (χ1) is 7.63. The van der Waals surface area contributed by atoms with Gasteiger partial charge in [0.25, 0.3) is 0 Å². The van der Waals surface area contributed by atoms with Crippen LogP contribution >= 0.6 is 0 Å². The maximum absolute atomic E-state index is 11.2. The molecule has 2 rings (SSSR count). The molecule has 1 aromatic carbocycles. The summed E-state index contributed by atoms with van der Waals surface area (Å²) in [4.78, 5) is 11.2. The molecule has 1 aliphatic rings. The maximum atomic E-state index is 11.2. The molecule has 0 amide bonds. The van der Waals surface area contributed by atoms with Crippen molar-refractivity contribution in [2.24, 2.45) is 0 Å². The van der Waals surface area contributed by atoms with Gasteiger partial charge in [-0.25, -0.2) is 4.79 Å². The topological polar surface area (TPSA) is 38.3 Å². The van der Waals surface area contributed by atoms with Crippen LogP contribution in [-0.2, 0) is 9.53 Å². The molecule has 0 spiro atoms. The molecular weight excluding hydrogens is 202 g/mol. The molecule has 0 aromatic heterocycles. The normalized spacial score (nSPS) is 20.0. The van der Waals surface area contributed by atoms with Crippen LogP contribution in [0.1, 0.15) is 18.9 Å². The lowest BCUT2D eigenvalue weighted by Gasteiger charge is -2.20. The Morgan fingerprint density at radius 2 is 2.25 bits per heavy atom. The fourth-order valence-electron chi connectivity index (χ4n) is 1.78. The molecule has 1 N–H and O–H groups in total. The third-order valence-electron chi connectivity index (χ3n) is 2.44. The first-order valence-electron chi connectivity index (χ1n) is 5.38. The number of hydrogen-bond acceptors (Lipinski definition) is 3. The Kier molecular flexibility index (Phi) is 2.95. The van der Waals surface area contributed by atoms with E-state index in [4.69, 9.17) is 4.74 Å². The zero-order chi connectivity index (χ0) is 11.5. The monoisotopic (exact) mass is 217 g/mol. The minimum Gasteiger partial charge on any atom is -0.459 e. The Bertz CT molecular complexity index is 437. The zero-order valence-electron chi connectivity index (χ0n) is 9.49. The number of benzene rings is 1. The first-order valence-corrected chi connectivity index (χ1v) is 5.38. The maximum Gasteiger partial charge on any atom is 0.332 e. The number of rotatable bonds is 2. The van der Waals surface area contributed by atoms with Gasteiger partial charge in [0.2, 0.25) is 0 Å². The Morgan fingerprint density at radius 1 is 1.44 bits per heavy atom. The molecule has 0 radical (unpaired) electrons. The van der Waals surface area contributed by atoms with E-state index in [2.05, 4.69) is 5.32 Å². The highest BCUT2D eigenvalue weighted by molar-refractivity contribution is 5.84. The van der Waals surface area contributed by atoms with Gasteiger partial charge in [-0.05, 0) is 31.5 Å². The molecule has 0 unspecified atom stereocenters. The van der Waals surface area contributed by atoms with Crippen molar-refractivity contribution in [1.82, 2.24) is 0 Å². The number of nitrogens with one attached hydrogen (secondary N) is 1.